The molecule has 2 aromatic carbocycles. The third kappa shape index (κ3) is 3.62. The quantitative estimate of drug-likeness (QED) is 0.864. The Kier molecular flexibility index (Phi) is 4.85. The van der Waals surface area contributed by atoms with E-state index in [1.54, 1.807) is 42.5 Å². The summed E-state index contributed by atoms with van der Waals surface area (Å²) in [6.07, 6.45) is 1.53. The van der Waals surface area contributed by atoms with Gasteiger partial charge in [-0.05, 0) is 55.2 Å². The molecule has 3 rings (SSSR count). The van der Waals surface area contributed by atoms with Crippen LogP contribution in [0.15, 0.2) is 47.4 Å². The van der Waals surface area contributed by atoms with E-state index in [4.69, 9.17) is 0 Å². The van der Waals surface area contributed by atoms with Gasteiger partial charge in [-0.25, -0.2) is 21.6 Å². The van der Waals surface area contributed by atoms with E-state index in [0.29, 0.717) is 17.7 Å². The number of rotatable bonds is 4. The van der Waals surface area contributed by atoms with Crippen molar-refractivity contribution in [1.29, 1.82) is 0 Å². The van der Waals surface area contributed by atoms with Gasteiger partial charge in [-0.15, -0.1) is 0 Å². The molecule has 1 unspecified atom stereocenters. The highest BCUT2D eigenvalue weighted by atomic mass is 32.2. The molecule has 140 valence electrons. The van der Waals surface area contributed by atoms with Crippen LogP contribution in [0, 0.1) is 13.8 Å². The number of hydrogen-bond acceptors (Lipinski definition) is 4. The number of para-hydroxylation sites is 1. The first-order valence-electron chi connectivity index (χ1n) is 8.26. The van der Waals surface area contributed by atoms with Crippen molar-refractivity contribution in [2.75, 3.05) is 17.1 Å². The number of hydrogen-bond donors (Lipinski definition) is 1. The minimum atomic E-state index is -3.71. The van der Waals surface area contributed by atoms with Gasteiger partial charge in [0.15, 0.2) is 0 Å². The number of fused-ring (bicyclic) bond motifs is 1. The lowest BCUT2D eigenvalue weighted by molar-refractivity contribution is 0.530. The van der Waals surface area contributed by atoms with Crippen molar-refractivity contribution < 1.29 is 16.8 Å². The van der Waals surface area contributed by atoms with Crippen LogP contribution in [-0.2, 0) is 20.0 Å². The van der Waals surface area contributed by atoms with Gasteiger partial charge >= 0.3 is 0 Å². The fourth-order valence-corrected chi connectivity index (χ4v) is 5.43. The summed E-state index contributed by atoms with van der Waals surface area (Å²) in [5, 5.41) is 0. The molecule has 0 aliphatic carbocycles. The zero-order valence-electron chi connectivity index (χ0n) is 14.9. The first-order valence-corrected chi connectivity index (χ1v) is 11.6. The van der Waals surface area contributed by atoms with Gasteiger partial charge in [-0.2, -0.15) is 0 Å². The second-order valence-corrected chi connectivity index (χ2v) is 10.2. The Morgan fingerprint density at radius 3 is 2.35 bits per heavy atom. The minimum Gasteiger partial charge on any atom is -0.270 e. The largest absolute Gasteiger partial charge is 0.270 e. The van der Waals surface area contributed by atoms with Gasteiger partial charge in [-0.3, -0.25) is 4.31 Å². The second kappa shape index (κ2) is 6.68. The van der Waals surface area contributed by atoms with E-state index in [0.717, 1.165) is 17.4 Å². The molecular formula is C18H22N2O4S2. The number of nitrogens with zero attached hydrogens (tertiary/aromatic N) is 1. The Bertz CT molecular complexity index is 1050. The van der Waals surface area contributed by atoms with E-state index in [-0.39, 0.29) is 11.4 Å². The van der Waals surface area contributed by atoms with Gasteiger partial charge in [0.05, 0.1) is 22.9 Å². The summed E-state index contributed by atoms with van der Waals surface area (Å²) in [5.41, 5.74) is 3.11. The summed E-state index contributed by atoms with van der Waals surface area (Å²) in [7, 11) is -7.13. The van der Waals surface area contributed by atoms with Crippen molar-refractivity contribution in [2.24, 2.45) is 0 Å². The van der Waals surface area contributed by atoms with Crippen LogP contribution in [0.4, 0.5) is 5.69 Å². The average Bonchev–Trinajstić information content (AvgIpc) is 2.56. The fourth-order valence-electron chi connectivity index (χ4n) is 3.13. The molecule has 0 amide bonds. The van der Waals surface area contributed by atoms with Gasteiger partial charge in [0.1, 0.15) is 0 Å². The maximum Gasteiger partial charge on any atom is 0.241 e. The molecule has 8 heteroatoms. The summed E-state index contributed by atoms with van der Waals surface area (Å²) in [4.78, 5) is 0.212. The van der Waals surface area contributed by atoms with Crippen LogP contribution in [0.25, 0.3) is 0 Å². The highest BCUT2D eigenvalue weighted by Crippen LogP contribution is 2.35. The van der Waals surface area contributed by atoms with Crippen molar-refractivity contribution in [2.45, 2.75) is 31.2 Å². The maximum atomic E-state index is 12.8. The van der Waals surface area contributed by atoms with Crippen molar-refractivity contribution in [3.8, 4) is 0 Å². The maximum absolute atomic E-state index is 12.8. The zero-order chi connectivity index (χ0) is 19.1. The number of benzene rings is 2. The molecule has 0 aromatic heterocycles. The Morgan fingerprint density at radius 2 is 1.69 bits per heavy atom. The van der Waals surface area contributed by atoms with Crippen LogP contribution in [0.3, 0.4) is 0 Å². The van der Waals surface area contributed by atoms with E-state index in [9.17, 15) is 16.8 Å². The molecule has 2 aromatic rings. The first kappa shape index (κ1) is 18.9. The summed E-state index contributed by atoms with van der Waals surface area (Å²) in [6, 6.07) is 11.5. The lowest BCUT2D eigenvalue weighted by Gasteiger charge is -2.34. The van der Waals surface area contributed by atoms with E-state index < -0.39 is 26.1 Å². The van der Waals surface area contributed by atoms with Crippen LogP contribution in [0.2, 0.25) is 0 Å². The van der Waals surface area contributed by atoms with Gasteiger partial charge in [0.25, 0.3) is 0 Å². The second-order valence-electron chi connectivity index (χ2n) is 6.60. The minimum absolute atomic E-state index is 0.212. The average molecular weight is 395 g/mol. The number of aryl methyl sites for hydroxylation is 2. The third-order valence-electron chi connectivity index (χ3n) is 4.69. The molecule has 0 bridgehead atoms. The highest BCUT2D eigenvalue weighted by molar-refractivity contribution is 7.92. The predicted molar refractivity (Wildman–Crippen MR) is 102 cm³/mol. The molecule has 6 nitrogen and oxygen atoms in total. The summed E-state index contributed by atoms with van der Waals surface area (Å²) in [5.74, 6) is 0. The van der Waals surface area contributed by atoms with Crippen LogP contribution in [0.5, 0.6) is 0 Å². The Hall–Kier alpha value is -1.90. The molecule has 1 aliphatic rings. The van der Waals surface area contributed by atoms with Crippen LogP contribution < -0.4 is 9.03 Å². The Balaban J connectivity index is 1.96. The smallest absolute Gasteiger partial charge is 0.241 e. The molecule has 0 saturated carbocycles. The highest BCUT2D eigenvalue weighted by Gasteiger charge is 2.32. The SMILES string of the molecule is Cc1ccc(S(=O)(=O)NC2CCN(S(C)(=O)=O)c3ccccc32)cc1C. The monoisotopic (exact) mass is 394 g/mol. The molecular weight excluding hydrogens is 372 g/mol. The summed E-state index contributed by atoms with van der Waals surface area (Å²) in [6.45, 7) is 4.03. The van der Waals surface area contributed by atoms with E-state index in [1.807, 2.05) is 13.8 Å². The normalized spacial score (nSPS) is 17.8. The molecule has 1 heterocycles. The van der Waals surface area contributed by atoms with Crippen LogP contribution >= 0.6 is 0 Å². The van der Waals surface area contributed by atoms with E-state index in [2.05, 4.69) is 4.72 Å². The third-order valence-corrected chi connectivity index (χ3v) is 7.34. The molecule has 0 fully saturated rings. The lowest BCUT2D eigenvalue weighted by atomic mass is 9.99. The topological polar surface area (TPSA) is 83.6 Å². The van der Waals surface area contributed by atoms with Gasteiger partial charge in [-0.1, -0.05) is 24.3 Å². The Morgan fingerprint density at radius 1 is 1.00 bits per heavy atom. The van der Waals surface area contributed by atoms with Crippen LogP contribution in [-0.4, -0.2) is 29.6 Å². The van der Waals surface area contributed by atoms with Crippen molar-refractivity contribution in [1.82, 2.24) is 4.72 Å². The molecule has 1 N–H and O–H groups in total. The number of sulfonamides is 2. The van der Waals surface area contributed by atoms with Crippen molar-refractivity contribution in [3.05, 3.63) is 59.2 Å². The molecule has 1 atom stereocenters. The number of anilines is 1. The van der Waals surface area contributed by atoms with Gasteiger partial charge in [0.2, 0.25) is 20.0 Å². The van der Waals surface area contributed by atoms with Crippen LogP contribution in [0.1, 0.15) is 29.2 Å². The number of nitrogens with one attached hydrogen (secondary N) is 1. The standard InChI is InChI=1S/C18H22N2O4S2/c1-13-8-9-15(12-14(13)2)26(23,24)19-17-10-11-20(25(3,21)22)18-7-5-4-6-16(17)18/h4-9,12,17,19H,10-11H2,1-3H3. The first-order chi connectivity index (χ1) is 12.1. The predicted octanol–water partition coefficient (Wildman–Crippen LogP) is 2.49. The fraction of sp³-hybridized carbons (Fsp3) is 0.333. The molecule has 26 heavy (non-hydrogen) atoms. The van der Waals surface area contributed by atoms with E-state index in [1.165, 1.54) is 4.31 Å². The van der Waals surface area contributed by atoms with Gasteiger partial charge < -0.3 is 0 Å². The van der Waals surface area contributed by atoms with E-state index >= 15 is 0 Å². The molecule has 0 radical (unpaired) electrons. The summed E-state index contributed by atoms with van der Waals surface area (Å²) < 4.78 is 53.7. The summed E-state index contributed by atoms with van der Waals surface area (Å²) >= 11 is 0. The van der Waals surface area contributed by atoms with Crippen molar-refractivity contribution >= 4 is 25.7 Å². The Labute approximate surface area is 155 Å². The molecule has 0 spiro atoms. The zero-order valence-corrected chi connectivity index (χ0v) is 16.6. The van der Waals surface area contributed by atoms with Crippen molar-refractivity contribution in [3.63, 3.8) is 0 Å². The lowest BCUT2D eigenvalue weighted by Crippen LogP contribution is -2.40. The molecule has 0 saturated heterocycles. The van der Waals surface area contributed by atoms with Gasteiger partial charge in [0, 0.05) is 6.54 Å². The molecule has 1 aliphatic heterocycles.